The molecule has 0 amide bonds. The normalized spacial score (nSPS) is 32.0. The van der Waals surface area contributed by atoms with Gasteiger partial charge < -0.3 is 63.0 Å². The van der Waals surface area contributed by atoms with Crippen LogP contribution in [0, 0.1) is 0 Å². The summed E-state index contributed by atoms with van der Waals surface area (Å²) in [5.74, 6) is -0.643. The smallest absolute Gasteiger partial charge is 1.00 e. The Balaban J connectivity index is -0.00000462. The minimum atomic E-state index is -1.77. The zero-order chi connectivity index (χ0) is 30.9. The van der Waals surface area contributed by atoms with Gasteiger partial charge >= 0.3 is 29.0 Å². The maximum Gasteiger partial charge on any atom is 2.00 e. The van der Waals surface area contributed by atoms with E-state index in [0.717, 1.165) is 19.3 Å². The molecule has 0 aliphatic carbocycles. The van der Waals surface area contributed by atoms with Crippen molar-refractivity contribution in [2.75, 3.05) is 13.2 Å². The molecule has 0 radical (unpaired) electrons. The summed E-state index contributed by atoms with van der Waals surface area (Å²) in [6.07, 6.45) is 2.27. The SMILES string of the molecule is CCCCCCCCCCCCCCCCCC(=O)O[C@H]1[C@H](O[C@H]2[C@H](O)[C@@H](O)[C@H](O)O[C@@H]2CO)O[C@H](CO)[C@H](O)[C@@H]1O.O.[H-].[H-].[Mg+2]. The predicted octanol–water partition coefficient (Wildman–Crippen LogP) is 0.435. The summed E-state index contributed by atoms with van der Waals surface area (Å²) in [7, 11) is 0. The van der Waals surface area contributed by atoms with Crippen LogP contribution >= 0.6 is 0 Å². The Labute approximate surface area is 280 Å². The van der Waals surface area contributed by atoms with Gasteiger partial charge in [-0.3, -0.25) is 4.79 Å². The molecule has 13 nitrogen and oxygen atoms in total. The van der Waals surface area contributed by atoms with Crippen LogP contribution in [0.1, 0.15) is 113 Å². The largest absolute Gasteiger partial charge is 2.00 e. The van der Waals surface area contributed by atoms with Gasteiger partial charge in [0.15, 0.2) is 18.7 Å². The molecule has 0 saturated carbocycles. The number of unbranched alkanes of at least 4 members (excludes halogenated alkanes) is 14. The third-order valence-corrected chi connectivity index (χ3v) is 8.21. The molecule has 44 heavy (non-hydrogen) atoms. The van der Waals surface area contributed by atoms with Gasteiger partial charge in [0.25, 0.3) is 0 Å². The molecule has 260 valence electrons. The molecule has 2 aliphatic heterocycles. The number of aliphatic hydroxyl groups excluding tert-OH is 7. The quantitative estimate of drug-likeness (QED) is 0.0509. The Hall–Kier alpha value is -0.204. The van der Waals surface area contributed by atoms with Crippen LogP contribution in [-0.2, 0) is 23.7 Å². The van der Waals surface area contributed by atoms with Crippen molar-refractivity contribution in [2.24, 2.45) is 0 Å². The standard InChI is InChI=1S/C30H56O12.Mg.H2O.2H/c1-2-3-4-5-6-7-8-9-10-11-12-13-14-15-16-17-22(33)41-28-24(35)23(34)20(18-31)40-30(28)42-27-21(19-32)39-29(38)26(37)25(27)36;;;;/h20-21,23-32,34-38H,2-19H2,1H3;;1H2;;/q;+2;;2*-1/t20-,21-,23+,24+,25-,26-,27-,28-,29-,30+;;;;/m1..../s1. The molecule has 10 atom stereocenters. The third-order valence-electron chi connectivity index (χ3n) is 8.21. The molecule has 2 aliphatic rings. The van der Waals surface area contributed by atoms with Gasteiger partial charge in [-0.05, 0) is 6.42 Å². The zero-order valence-electron chi connectivity index (χ0n) is 28.4. The fourth-order valence-electron chi connectivity index (χ4n) is 5.53. The van der Waals surface area contributed by atoms with Crippen LogP contribution in [-0.4, -0.2) is 145 Å². The van der Waals surface area contributed by atoms with Gasteiger partial charge in [0.1, 0.15) is 42.7 Å². The van der Waals surface area contributed by atoms with Crippen molar-refractivity contribution in [3.8, 4) is 0 Å². The molecule has 2 saturated heterocycles. The Morgan fingerprint density at radius 3 is 1.57 bits per heavy atom. The van der Waals surface area contributed by atoms with Crippen molar-refractivity contribution in [1.29, 1.82) is 0 Å². The van der Waals surface area contributed by atoms with Gasteiger partial charge in [-0.1, -0.05) is 96.8 Å². The van der Waals surface area contributed by atoms with E-state index < -0.39 is 80.6 Å². The molecular formula is C30H60MgO13. The van der Waals surface area contributed by atoms with Crippen molar-refractivity contribution in [1.82, 2.24) is 0 Å². The molecular weight excluding hydrogens is 593 g/mol. The van der Waals surface area contributed by atoms with Gasteiger partial charge in [0.05, 0.1) is 13.2 Å². The molecule has 2 rings (SSSR count). The van der Waals surface area contributed by atoms with E-state index in [1.807, 2.05) is 0 Å². The average molecular weight is 653 g/mol. The maximum absolute atomic E-state index is 12.6. The average Bonchev–Trinajstić information content (AvgIpc) is 2.98. The monoisotopic (exact) mass is 652 g/mol. The summed E-state index contributed by atoms with van der Waals surface area (Å²) in [4.78, 5) is 12.6. The van der Waals surface area contributed by atoms with E-state index in [-0.39, 0.29) is 37.8 Å². The Kier molecular flexibility index (Phi) is 24.8. The summed E-state index contributed by atoms with van der Waals surface area (Å²) in [5, 5.41) is 70.2. The first kappa shape index (κ1) is 43.8. The van der Waals surface area contributed by atoms with Crippen molar-refractivity contribution < 1.29 is 67.8 Å². The Bertz CT molecular complexity index is 730. The first-order valence-corrected chi connectivity index (χ1v) is 16.0. The van der Waals surface area contributed by atoms with Crippen LogP contribution < -0.4 is 0 Å². The van der Waals surface area contributed by atoms with E-state index >= 15 is 0 Å². The molecule has 0 unspecified atom stereocenters. The number of rotatable bonds is 21. The minimum Gasteiger partial charge on any atom is -1.00 e. The molecule has 0 aromatic heterocycles. The van der Waals surface area contributed by atoms with E-state index in [1.165, 1.54) is 70.6 Å². The van der Waals surface area contributed by atoms with E-state index in [1.54, 1.807) is 0 Å². The summed E-state index contributed by atoms with van der Waals surface area (Å²) in [5.41, 5.74) is 0. The van der Waals surface area contributed by atoms with Crippen LogP contribution in [0.25, 0.3) is 0 Å². The molecule has 0 bridgehead atoms. The minimum absolute atomic E-state index is 0. The second-order valence-electron chi connectivity index (χ2n) is 11.7. The van der Waals surface area contributed by atoms with Gasteiger partial charge in [0.2, 0.25) is 0 Å². The summed E-state index contributed by atoms with van der Waals surface area (Å²) in [6, 6.07) is 0. The molecule has 0 spiro atoms. The number of hydrogen-bond acceptors (Lipinski definition) is 12. The molecule has 2 fully saturated rings. The zero-order valence-corrected chi connectivity index (χ0v) is 27.8. The van der Waals surface area contributed by atoms with Crippen LogP contribution in [0.3, 0.4) is 0 Å². The van der Waals surface area contributed by atoms with Crippen molar-refractivity contribution in [2.45, 2.75) is 171 Å². The second kappa shape index (κ2) is 24.9. The van der Waals surface area contributed by atoms with E-state index in [0.29, 0.717) is 6.42 Å². The molecule has 14 heteroatoms. The first-order valence-electron chi connectivity index (χ1n) is 16.0. The number of carbonyl (C=O) groups is 1. The number of hydrogen-bond donors (Lipinski definition) is 7. The molecule has 9 N–H and O–H groups in total. The van der Waals surface area contributed by atoms with Gasteiger partial charge in [-0.25, -0.2) is 0 Å². The van der Waals surface area contributed by atoms with E-state index in [9.17, 15) is 40.5 Å². The van der Waals surface area contributed by atoms with Crippen LogP contribution in [0.15, 0.2) is 0 Å². The van der Waals surface area contributed by atoms with Gasteiger partial charge in [-0.2, -0.15) is 0 Å². The maximum atomic E-state index is 12.6. The van der Waals surface area contributed by atoms with Gasteiger partial charge in [-0.15, -0.1) is 0 Å². The topological polar surface area (TPSA) is 227 Å². The number of esters is 1. The van der Waals surface area contributed by atoms with Crippen molar-refractivity contribution in [3.63, 3.8) is 0 Å². The third kappa shape index (κ3) is 14.7. The van der Waals surface area contributed by atoms with E-state index in [4.69, 9.17) is 18.9 Å². The molecule has 0 aromatic carbocycles. The predicted molar refractivity (Wildman–Crippen MR) is 164 cm³/mol. The summed E-state index contributed by atoms with van der Waals surface area (Å²) < 4.78 is 21.7. The summed E-state index contributed by atoms with van der Waals surface area (Å²) >= 11 is 0. The van der Waals surface area contributed by atoms with E-state index in [2.05, 4.69) is 6.92 Å². The first-order chi connectivity index (χ1) is 20.2. The van der Waals surface area contributed by atoms with Crippen LogP contribution in [0.5, 0.6) is 0 Å². The van der Waals surface area contributed by atoms with Crippen molar-refractivity contribution >= 4 is 29.0 Å². The fraction of sp³-hybridized carbons (Fsp3) is 0.967. The number of carbonyl (C=O) groups excluding carboxylic acids is 1. The number of ether oxygens (including phenoxy) is 4. The Morgan fingerprint density at radius 1 is 0.636 bits per heavy atom. The van der Waals surface area contributed by atoms with Gasteiger partial charge in [0, 0.05) is 6.42 Å². The van der Waals surface area contributed by atoms with Crippen LogP contribution in [0.2, 0.25) is 0 Å². The van der Waals surface area contributed by atoms with Crippen LogP contribution in [0.4, 0.5) is 0 Å². The molecule has 0 aromatic rings. The fourth-order valence-corrected chi connectivity index (χ4v) is 5.53. The van der Waals surface area contributed by atoms with Crippen molar-refractivity contribution in [3.05, 3.63) is 0 Å². The summed E-state index contributed by atoms with van der Waals surface area (Å²) in [6.45, 7) is 0.851. The number of aliphatic hydroxyl groups is 7. The molecule has 2 heterocycles. The second-order valence-corrected chi connectivity index (χ2v) is 11.7. The Morgan fingerprint density at radius 2 is 1.09 bits per heavy atom.